The number of carbonyl (C=O) groups is 3. The van der Waals surface area contributed by atoms with Crippen LogP contribution >= 0.6 is 0 Å². The molecular formula is C36H59NO9. The summed E-state index contributed by atoms with van der Waals surface area (Å²) in [6, 6.07) is 8.22. The summed E-state index contributed by atoms with van der Waals surface area (Å²) >= 11 is 0. The summed E-state index contributed by atoms with van der Waals surface area (Å²) < 4.78 is 23.3. The van der Waals surface area contributed by atoms with E-state index in [1.54, 1.807) is 0 Å². The Morgan fingerprint density at radius 1 is 0.848 bits per heavy atom. The molecule has 0 saturated carbocycles. The Labute approximate surface area is 275 Å². The summed E-state index contributed by atoms with van der Waals surface area (Å²) in [5, 5.41) is 22.9. The maximum Gasteiger partial charge on any atom is 0.332 e. The van der Waals surface area contributed by atoms with Gasteiger partial charge < -0.3 is 34.5 Å². The van der Waals surface area contributed by atoms with Crippen molar-refractivity contribution < 1.29 is 43.5 Å². The number of ether oxygens (including phenoxy) is 4. The SMILES string of the molecule is CCCCCCCCCCCCCCCCCC(=O)OC[C@H]1O[C@@H](O)[C@H](NC(C)=O)[C@@H](OC(C)C(=O)O)[C@@H]1OCc1ccccc1. The zero-order valence-corrected chi connectivity index (χ0v) is 28.3. The molecule has 0 aliphatic carbocycles. The maximum absolute atomic E-state index is 12.6. The number of aliphatic hydroxyl groups is 1. The zero-order valence-electron chi connectivity index (χ0n) is 28.3. The highest BCUT2D eigenvalue weighted by molar-refractivity contribution is 5.73. The molecule has 0 bridgehead atoms. The smallest absolute Gasteiger partial charge is 0.332 e. The Morgan fingerprint density at radius 2 is 1.39 bits per heavy atom. The topological polar surface area (TPSA) is 141 Å². The van der Waals surface area contributed by atoms with Crippen LogP contribution in [0.15, 0.2) is 30.3 Å². The molecule has 3 N–H and O–H groups in total. The quantitative estimate of drug-likeness (QED) is 0.0804. The van der Waals surface area contributed by atoms with Gasteiger partial charge in [-0.15, -0.1) is 0 Å². The average Bonchev–Trinajstić information content (AvgIpc) is 3.03. The van der Waals surface area contributed by atoms with Gasteiger partial charge in [-0.3, -0.25) is 9.59 Å². The van der Waals surface area contributed by atoms with Gasteiger partial charge in [-0.05, 0) is 18.9 Å². The minimum atomic E-state index is -1.54. The third kappa shape index (κ3) is 16.3. The van der Waals surface area contributed by atoms with Crippen molar-refractivity contribution in [3.63, 3.8) is 0 Å². The number of esters is 1. The van der Waals surface area contributed by atoms with Crippen molar-refractivity contribution in [2.24, 2.45) is 0 Å². The van der Waals surface area contributed by atoms with E-state index in [1.807, 2.05) is 30.3 Å². The Kier molecular flexibility index (Phi) is 20.5. The molecule has 10 heteroatoms. The van der Waals surface area contributed by atoms with Crippen LogP contribution in [0.2, 0.25) is 0 Å². The van der Waals surface area contributed by atoms with Gasteiger partial charge in [0.05, 0.1) is 6.61 Å². The van der Waals surface area contributed by atoms with Gasteiger partial charge in [0.25, 0.3) is 0 Å². The van der Waals surface area contributed by atoms with Crippen molar-refractivity contribution in [1.82, 2.24) is 5.32 Å². The van der Waals surface area contributed by atoms with Crippen LogP contribution in [-0.4, -0.2) is 71.4 Å². The third-order valence-electron chi connectivity index (χ3n) is 8.42. The van der Waals surface area contributed by atoms with Gasteiger partial charge in [-0.25, -0.2) is 4.79 Å². The molecule has 1 unspecified atom stereocenters. The van der Waals surface area contributed by atoms with Crippen molar-refractivity contribution in [3.05, 3.63) is 35.9 Å². The van der Waals surface area contributed by atoms with Crippen LogP contribution < -0.4 is 5.32 Å². The molecule has 1 aromatic rings. The number of nitrogens with one attached hydrogen (secondary N) is 1. The second-order valence-corrected chi connectivity index (χ2v) is 12.5. The van der Waals surface area contributed by atoms with Gasteiger partial charge in [0.15, 0.2) is 12.4 Å². The number of aliphatic carboxylic acids is 1. The Bertz CT molecular complexity index is 975. The number of carboxylic acids is 1. The zero-order chi connectivity index (χ0) is 33.6. The second-order valence-electron chi connectivity index (χ2n) is 12.5. The van der Waals surface area contributed by atoms with Crippen LogP contribution in [0.25, 0.3) is 0 Å². The largest absolute Gasteiger partial charge is 0.479 e. The van der Waals surface area contributed by atoms with E-state index in [0.29, 0.717) is 0 Å². The molecule has 0 spiro atoms. The lowest BCUT2D eigenvalue weighted by Crippen LogP contribution is -2.66. The lowest BCUT2D eigenvalue weighted by atomic mass is 9.96. The fourth-order valence-corrected chi connectivity index (χ4v) is 5.75. The highest BCUT2D eigenvalue weighted by atomic mass is 16.7. The number of hydrogen-bond acceptors (Lipinski definition) is 8. The standard InChI is InChI=1S/C36H59NO9/c1-4-5-6-7-8-9-10-11-12-13-14-15-16-17-21-24-31(39)43-26-30-33(44-25-29-22-19-18-20-23-29)34(45-27(2)35(40)41)32(36(42)46-30)37-28(3)38/h18-20,22-23,27,30,32-34,36,42H,4-17,21,24-26H2,1-3H3,(H,37,38)(H,40,41)/t27?,30-,32-,33-,34-,36-/m1/s1. The molecular weight excluding hydrogens is 590 g/mol. The maximum atomic E-state index is 12.6. The van der Waals surface area contributed by atoms with Crippen molar-refractivity contribution in [1.29, 1.82) is 0 Å². The summed E-state index contributed by atoms with van der Waals surface area (Å²) in [7, 11) is 0. The van der Waals surface area contributed by atoms with Gasteiger partial charge in [0.2, 0.25) is 5.91 Å². The Balaban J connectivity index is 1.79. The number of rotatable bonds is 25. The van der Waals surface area contributed by atoms with Crippen LogP contribution in [-0.2, 0) is 39.9 Å². The predicted molar refractivity (Wildman–Crippen MR) is 176 cm³/mol. The van der Waals surface area contributed by atoms with Gasteiger partial charge in [-0.2, -0.15) is 0 Å². The van der Waals surface area contributed by atoms with Crippen LogP contribution in [0.3, 0.4) is 0 Å². The van der Waals surface area contributed by atoms with E-state index < -0.39 is 48.6 Å². The van der Waals surface area contributed by atoms with Crippen molar-refractivity contribution >= 4 is 17.8 Å². The normalized spacial score (nSPS) is 21.9. The second kappa shape index (κ2) is 23.7. The molecule has 0 radical (unpaired) electrons. The number of carbonyl (C=O) groups excluding carboxylic acids is 2. The van der Waals surface area contributed by atoms with Crippen LogP contribution in [0.1, 0.15) is 129 Å². The summed E-state index contributed by atoms with van der Waals surface area (Å²) in [6.45, 7) is 4.79. The Morgan fingerprint density at radius 3 is 1.91 bits per heavy atom. The molecule has 0 aromatic heterocycles. The van der Waals surface area contributed by atoms with E-state index in [4.69, 9.17) is 18.9 Å². The molecule has 1 aliphatic rings. The first kappa shape index (κ1) is 39.6. The van der Waals surface area contributed by atoms with Crippen molar-refractivity contribution in [3.8, 4) is 0 Å². The first-order chi connectivity index (χ1) is 22.2. The fraction of sp³-hybridized carbons (Fsp3) is 0.750. The van der Waals surface area contributed by atoms with E-state index in [0.717, 1.165) is 24.8 Å². The first-order valence-corrected chi connectivity index (χ1v) is 17.5. The molecule has 1 saturated heterocycles. The number of amides is 1. The van der Waals surface area contributed by atoms with E-state index in [2.05, 4.69) is 12.2 Å². The minimum Gasteiger partial charge on any atom is -0.479 e. The van der Waals surface area contributed by atoms with Crippen molar-refractivity contribution in [2.75, 3.05) is 6.61 Å². The number of unbranched alkanes of at least 4 members (excludes halogenated alkanes) is 14. The van der Waals surface area contributed by atoms with Gasteiger partial charge in [-0.1, -0.05) is 127 Å². The molecule has 262 valence electrons. The number of benzene rings is 1. The fourth-order valence-electron chi connectivity index (χ4n) is 5.75. The van der Waals surface area contributed by atoms with Crippen LogP contribution in [0, 0.1) is 0 Å². The molecule has 1 fully saturated rings. The first-order valence-electron chi connectivity index (χ1n) is 17.5. The van der Waals surface area contributed by atoms with E-state index in [9.17, 15) is 24.6 Å². The lowest BCUT2D eigenvalue weighted by molar-refractivity contribution is -0.279. The van der Waals surface area contributed by atoms with Crippen LogP contribution in [0.5, 0.6) is 0 Å². The summed E-state index contributed by atoms with van der Waals surface area (Å²) in [5.74, 6) is -2.05. The molecule has 1 aliphatic heterocycles. The number of aliphatic hydroxyl groups excluding tert-OH is 1. The summed E-state index contributed by atoms with van der Waals surface area (Å²) in [4.78, 5) is 36.2. The number of hydrogen-bond donors (Lipinski definition) is 3. The highest BCUT2D eigenvalue weighted by Gasteiger charge is 2.49. The molecule has 2 rings (SSSR count). The molecule has 1 amide bonds. The van der Waals surface area contributed by atoms with Gasteiger partial charge in [0, 0.05) is 13.3 Å². The molecule has 1 aromatic carbocycles. The van der Waals surface area contributed by atoms with Crippen LogP contribution in [0.4, 0.5) is 0 Å². The monoisotopic (exact) mass is 649 g/mol. The highest BCUT2D eigenvalue weighted by Crippen LogP contribution is 2.28. The number of carboxylic acid groups (broad SMARTS) is 1. The lowest BCUT2D eigenvalue weighted by Gasteiger charge is -2.45. The summed E-state index contributed by atoms with van der Waals surface area (Å²) in [6.07, 6.45) is 13.1. The van der Waals surface area contributed by atoms with Gasteiger partial charge in [0.1, 0.15) is 31.0 Å². The molecule has 1 heterocycles. The minimum absolute atomic E-state index is 0.128. The van der Waals surface area contributed by atoms with Gasteiger partial charge >= 0.3 is 11.9 Å². The molecule has 46 heavy (non-hydrogen) atoms. The van der Waals surface area contributed by atoms with Crippen molar-refractivity contribution in [2.45, 2.75) is 167 Å². The summed E-state index contributed by atoms with van der Waals surface area (Å²) in [5.41, 5.74) is 0.846. The predicted octanol–water partition coefficient (Wildman–Crippen LogP) is 6.46. The Hall–Kier alpha value is -2.53. The third-order valence-corrected chi connectivity index (χ3v) is 8.42. The van der Waals surface area contributed by atoms with E-state index >= 15 is 0 Å². The average molecular weight is 650 g/mol. The molecule has 10 nitrogen and oxygen atoms in total. The molecule has 6 atom stereocenters. The van der Waals surface area contributed by atoms with E-state index in [1.165, 1.54) is 90.9 Å². The van der Waals surface area contributed by atoms with E-state index in [-0.39, 0.29) is 25.6 Å².